The van der Waals surface area contributed by atoms with Gasteiger partial charge in [0.15, 0.2) is 11.6 Å². The third-order valence-corrected chi connectivity index (χ3v) is 8.67. The number of piperidine rings is 1. The monoisotopic (exact) mass is 591 g/mol. The Kier molecular flexibility index (Phi) is 8.89. The fourth-order valence-corrected chi connectivity index (χ4v) is 5.86. The fourth-order valence-electron chi connectivity index (χ4n) is 4.79. The van der Waals surface area contributed by atoms with Gasteiger partial charge in [-0.25, -0.2) is 22.8 Å². The van der Waals surface area contributed by atoms with Gasteiger partial charge in [-0.3, -0.25) is 4.72 Å². The predicted molar refractivity (Wildman–Crippen MR) is 161 cm³/mol. The number of halogens is 1. The largest absolute Gasteiger partial charge is 0.494 e. The van der Waals surface area contributed by atoms with Crippen LogP contribution in [0.5, 0.6) is 11.5 Å². The summed E-state index contributed by atoms with van der Waals surface area (Å²) < 4.78 is 52.9. The van der Waals surface area contributed by atoms with Gasteiger partial charge >= 0.3 is 0 Å². The van der Waals surface area contributed by atoms with Crippen LogP contribution in [0.1, 0.15) is 18.4 Å². The molecule has 0 bridgehead atoms. The van der Waals surface area contributed by atoms with Crippen LogP contribution in [0.2, 0.25) is 0 Å². The van der Waals surface area contributed by atoms with E-state index in [1.807, 2.05) is 25.1 Å². The number of hydrogen-bond acceptors (Lipinski definition) is 8. The van der Waals surface area contributed by atoms with Crippen molar-refractivity contribution in [3.63, 3.8) is 0 Å². The first-order valence-corrected chi connectivity index (χ1v) is 15.2. The third kappa shape index (κ3) is 7.15. The molecule has 11 heteroatoms. The van der Waals surface area contributed by atoms with E-state index < -0.39 is 15.8 Å². The van der Waals surface area contributed by atoms with E-state index in [4.69, 9.17) is 9.47 Å². The second-order valence-corrected chi connectivity index (χ2v) is 12.1. The van der Waals surface area contributed by atoms with Crippen molar-refractivity contribution in [3.05, 3.63) is 84.4 Å². The Bertz CT molecular complexity index is 1640. The SMILES string of the molecule is COc1ccc(S(=O)(=O)Nc2ccc(Nc3cc(-c4ccc(OCC5CCN(C)CC5)c(C)c4)ncn3)cc2)cc1F. The molecular weight excluding hydrogens is 557 g/mol. The van der Waals surface area contributed by atoms with Crippen LogP contribution in [0.3, 0.4) is 0 Å². The van der Waals surface area contributed by atoms with Gasteiger partial charge < -0.3 is 19.7 Å². The molecule has 5 rings (SSSR count). The van der Waals surface area contributed by atoms with Crippen molar-refractivity contribution in [2.24, 2.45) is 5.92 Å². The van der Waals surface area contributed by atoms with E-state index in [0.29, 0.717) is 23.1 Å². The third-order valence-electron chi connectivity index (χ3n) is 7.29. The first kappa shape index (κ1) is 29.3. The van der Waals surface area contributed by atoms with Crippen LogP contribution in [0, 0.1) is 18.7 Å². The molecule has 220 valence electrons. The number of methoxy groups -OCH3 is 1. The summed E-state index contributed by atoms with van der Waals surface area (Å²) in [6.45, 7) is 5.00. The first-order valence-electron chi connectivity index (χ1n) is 13.7. The van der Waals surface area contributed by atoms with Gasteiger partial charge in [0.25, 0.3) is 10.0 Å². The van der Waals surface area contributed by atoms with Gasteiger partial charge in [-0.1, -0.05) is 0 Å². The Balaban J connectivity index is 1.21. The van der Waals surface area contributed by atoms with Crippen molar-refractivity contribution >= 4 is 27.2 Å². The summed E-state index contributed by atoms with van der Waals surface area (Å²) in [7, 11) is -0.511. The summed E-state index contributed by atoms with van der Waals surface area (Å²) >= 11 is 0. The molecule has 1 saturated heterocycles. The number of nitrogens with zero attached hydrogens (tertiary/aromatic N) is 3. The highest BCUT2D eigenvalue weighted by atomic mass is 32.2. The number of aryl methyl sites for hydroxylation is 1. The van der Waals surface area contributed by atoms with E-state index in [1.165, 1.54) is 25.6 Å². The summed E-state index contributed by atoms with van der Waals surface area (Å²) in [5.74, 6) is 1.27. The Morgan fingerprint density at radius 2 is 1.67 bits per heavy atom. The number of rotatable bonds is 10. The lowest BCUT2D eigenvalue weighted by molar-refractivity contribution is 0.159. The maximum atomic E-state index is 14.0. The topological polar surface area (TPSA) is 106 Å². The van der Waals surface area contributed by atoms with Crippen LogP contribution in [0.15, 0.2) is 78.0 Å². The van der Waals surface area contributed by atoms with E-state index >= 15 is 0 Å². The maximum absolute atomic E-state index is 14.0. The lowest BCUT2D eigenvalue weighted by Gasteiger charge is -2.28. The number of ether oxygens (including phenoxy) is 2. The lowest BCUT2D eigenvalue weighted by atomic mass is 9.98. The Morgan fingerprint density at radius 1 is 0.952 bits per heavy atom. The molecular formula is C31H34FN5O4S. The van der Waals surface area contributed by atoms with Crippen LogP contribution >= 0.6 is 0 Å². The van der Waals surface area contributed by atoms with Crippen molar-refractivity contribution in [1.82, 2.24) is 14.9 Å². The van der Waals surface area contributed by atoms with Crippen molar-refractivity contribution in [3.8, 4) is 22.8 Å². The minimum absolute atomic E-state index is 0.0308. The molecule has 1 aromatic heterocycles. The molecule has 2 heterocycles. The van der Waals surface area contributed by atoms with Crippen LogP contribution in [-0.2, 0) is 10.0 Å². The van der Waals surface area contributed by atoms with E-state index in [0.717, 1.165) is 61.2 Å². The van der Waals surface area contributed by atoms with E-state index in [-0.39, 0.29) is 10.6 Å². The normalized spacial score (nSPS) is 14.4. The zero-order chi connectivity index (χ0) is 29.7. The molecule has 42 heavy (non-hydrogen) atoms. The molecule has 1 fully saturated rings. The van der Waals surface area contributed by atoms with E-state index in [2.05, 4.69) is 38.0 Å². The number of likely N-dealkylation sites (tertiary alicyclic amines) is 1. The molecule has 0 aliphatic carbocycles. The zero-order valence-corrected chi connectivity index (χ0v) is 24.6. The van der Waals surface area contributed by atoms with E-state index in [9.17, 15) is 12.8 Å². The molecule has 0 unspecified atom stereocenters. The van der Waals surface area contributed by atoms with Gasteiger partial charge in [0, 0.05) is 23.0 Å². The summed E-state index contributed by atoms with van der Waals surface area (Å²) in [4.78, 5) is 10.9. The molecule has 1 aliphatic heterocycles. The zero-order valence-electron chi connectivity index (χ0n) is 23.8. The fraction of sp³-hybridized carbons (Fsp3) is 0.290. The highest BCUT2D eigenvalue weighted by molar-refractivity contribution is 7.92. The molecule has 0 atom stereocenters. The van der Waals surface area contributed by atoms with Crippen LogP contribution in [-0.4, -0.2) is 57.1 Å². The van der Waals surface area contributed by atoms with Gasteiger partial charge in [0.1, 0.15) is 17.9 Å². The number of anilines is 3. The molecule has 3 aromatic carbocycles. The molecule has 4 aromatic rings. The number of hydrogen-bond donors (Lipinski definition) is 2. The summed E-state index contributed by atoms with van der Waals surface area (Å²) in [6, 6.07) is 18.0. The lowest BCUT2D eigenvalue weighted by Crippen LogP contribution is -2.32. The highest BCUT2D eigenvalue weighted by Gasteiger charge is 2.18. The molecule has 2 N–H and O–H groups in total. The van der Waals surface area contributed by atoms with Gasteiger partial charge in [-0.2, -0.15) is 0 Å². The van der Waals surface area contributed by atoms with Crippen LogP contribution in [0.4, 0.5) is 21.6 Å². The van der Waals surface area contributed by atoms with Crippen LogP contribution in [0.25, 0.3) is 11.3 Å². The molecule has 1 aliphatic rings. The second kappa shape index (κ2) is 12.7. The minimum Gasteiger partial charge on any atom is -0.494 e. The predicted octanol–water partition coefficient (Wildman–Crippen LogP) is 5.86. The van der Waals surface area contributed by atoms with Gasteiger partial charge in [-0.05, 0) is 112 Å². The smallest absolute Gasteiger partial charge is 0.262 e. The van der Waals surface area contributed by atoms with E-state index in [1.54, 1.807) is 24.3 Å². The second-order valence-electron chi connectivity index (χ2n) is 10.4. The number of benzene rings is 3. The average molecular weight is 592 g/mol. The Morgan fingerprint density at radius 3 is 2.36 bits per heavy atom. The Labute approximate surface area is 245 Å². The molecule has 0 radical (unpaired) electrons. The van der Waals surface area contributed by atoms with Crippen molar-refractivity contribution < 1.29 is 22.3 Å². The number of nitrogens with one attached hydrogen (secondary N) is 2. The number of aromatic nitrogens is 2. The highest BCUT2D eigenvalue weighted by Crippen LogP contribution is 2.29. The van der Waals surface area contributed by atoms with Gasteiger partial charge in [-0.15, -0.1) is 0 Å². The first-order chi connectivity index (χ1) is 20.2. The summed E-state index contributed by atoms with van der Waals surface area (Å²) in [5.41, 5.74) is 3.78. The number of sulfonamides is 1. The molecule has 9 nitrogen and oxygen atoms in total. The molecule has 0 spiro atoms. The standard InChI is InChI=1S/C31H34FN5O4S/c1-21-16-23(4-10-29(21)41-19-22-12-14-37(2)15-13-22)28-18-31(34-20-33-28)35-24-5-7-25(8-6-24)36-42(38,39)26-9-11-30(40-3)27(32)17-26/h4-11,16-18,20,22,36H,12-15,19H2,1-3H3,(H,33,34,35). The minimum atomic E-state index is -3.98. The van der Waals surface area contributed by atoms with Crippen molar-refractivity contribution in [2.75, 3.05) is 43.9 Å². The van der Waals surface area contributed by atoms with Gasteiger partial charge in [0.05, 0.1) is 24.3 Å². The summed E-state index contributed by atoms with van der Waals surface area (Å²) in [6.07, 6.45) is 3.81. The molecule has 0 amide bonds. The quantitative estimate of drug-likeness (QED) is 0.236. The average Bonchev–Trinajstić information content (AvgIpc) is 2.98. The van der Waals surface area contributed by atoms with Crippen molar-refractivity contribution in [1.29, 1.82) is 0 Å². The van der Waals surface area contributed by atoms with Gasteiger partial charge in [0.2, 0.25) is 0 Å². The summed E-state index contributed by atoms with van der Waals surface area (Å²) in [5, 5.41) is 3.22. The van der Waals surface area contributed by atoms with Crippen LogP contribution < -0.4 is 19.5 Å². The molecule has 0 saturated carbocycles. The Hall–Kier alpha value is -4.22. The maximum Gasteiger partial charge on any atom is 0.262 e. The van der Waals surface area contributed by atoms with Crippen molar-refractivity contribution in [2.45, 2.75) is 24.7 Å².